The predicted molar refractivity (Wildman–Crippen MR) is 119 cm³/mol. The van der Waals surface area contributed by atoms with Crippen LogP contribution >= 0.6 is 23.2 Å². The first kappa shape index (κ1) is 23.1. The van der Waals surface area contributed by atoms with E-state index in [-0.39, 0.29) is 15.5 Å². The van der Waals surface area contributed by atoms with E-state index in [2.05, 4.69) is 5.32 Å². The first-order chi connectivity index (χ1) is 14.7. The van der Waals surface area contributed by atoms with E-state index < -0.39 is 15.9 Å². The highest BCUT2D eigenvalue weighted by Gasteiger charge is 2.25. The molecule has 0 aliphatic carbocycles. The lowest BCUT2D eigenvalue weighted by Gasteiger charge is -2.16. The summed E-state index contributed by atoms with van der Waals surface area (Å²) in [6.07, 6.45) is 0. The Kier molecular flexibility index (Phi) is 7.19. The molecule has 0 heterocycles. The van der Waals surface area contributed by atoms with Crippen molar-refractivity contribution in [3.8, 4) is 11.5 Å². The Hall–Kier alpha value is -2.62. The number of amides is 1. The van der Waals surface area contributed by atoms with E-state index in [4.69, 9.17) is 32.8 Å². The summed E-state index contributed by atoms with van der Waals surface area (Å²) in [5.41, 5.74) is 0.459. The van der Waals surface area contributed by atoms with Crippen molar-refractivity contribution in [2.45, 2.75) is 4.90 Å². The maximum atomic E-state index is 12.8. The molecule has 31 heavy (non-hydrogen) atoms. The molecule has 3 aromatic rings. The van der Waals surface area contributed by atoms with Crippen molar-refractivity contribution in [3.63, 3.8) is 0 Å². The van der Waals surface area contributed by atoms with Crippen LogP contribution in [-0.4, -0.2) is 33.0 Å². The summed E-state index contributed by atoms with van der Waals surface area (Å²) in [6.45, 7) is 0. The monoisotopic (exact) mass is 480 g/mol. The molecular formula is C21H18Cl2N2O5S. The second-order valence-electron chi connectivity index (χ2n) is 6.23. The van der Waals surface area contributed by atoms with Crippen molar-refractivity contribution in [2.24, 2.45) is 0 Å². The number of hydrogen-bond donors (Lipinski definition) is 1. The number of halogens is 2. The molecule has 0 unspecified atom stereocenters. The van der Waals surface area contributed by atoms with Gasteiger partial charge in [0.2, 0.25) is 0 Å². The van der Waals surface area contributed by atoms with Crippen LogP contribution in [0.15, 0.2) is 71.6 Å². The summed E-state index contributed by atoms with van der Waals surface area (Å²) in [6, 6.07) is 17.6. The molecule has 0 saturated carbocycles. The van der Waals surface area contributed by atoms with Crippen molar-refractivity contribution in [3.05, 3.63) is 82.3 Å². The number of carbonyl (C=O) groups is 1. The third kappa shape index (κ3) is 5.17. The van der Waals surface area contributed by atoms with E-state index in [1.165, 1.54) is 32.4 Å². The Balaban J connectivity index is 1.90. The van der Waals surface area contributed by atoms with Crippen LogP contribution in [0.2, 0.25) is 10.0 Å². The van der Waals surface area contributed by atoms with E-state index in [1.807, 2.05) is 0 Å². The van der Waals surface area contributed by atoms with Crippen molar-refractivity contribution in [1.82, 2.24) is 4.47 Å². The Morgan fingerprint density at radius 1 is 0.935 bits per heavy atom. The lowest BCUT2D eigenvalue weighted by atomic mass is 10.2. The van der Waals surface area contributed by atoms with Gasteiger partial charge in [-0.05, 0) is 42.5 Å². The third-order valence-electron chi connectivity index (χ3n) is 4.26. The molecule has 0 saturated heterocycles. The van der Waals surface area contributed by atoms with Gasteiger partial charge in [-0.2, -0.15) is 0 Å². The molecule has 0 radical (unpaired) electrons. The summed E-state index contributed by atoms with van der Waals surface area (Å²) < 4.78 is 31.6. The maximum absolute atomic E-state index is 12.8. The predicted octanol–water partition coefficient (Wildman–Crippen LogP) is 5.22. The van der Waals surface area contributed by atoms with Crippen LogP contribution in [0, 0.1) is 0 Å². The number of para-hydroxylation sites is 3. The van der Waals surface area contributed by atoms with Crippen molar-refractivity contribution < 1.29 is 22.8 Å². The zero-order valence-corrected chi connectivity index (χ0v) is 18.8. The first-order valence-corrected chi connectivity index (χ1v) is 11.1. The molecule has 0 aromatic heterocycles. The minimum atomic E-state index is -4.04. The number of carbonyl (C=O) groups excluding carboxylic acids is 1. The molecule has 162 valence electrons. The Morgan fingerprint density at radius 3 is 2.26 bits per heavy atom. The fraction of sp³-hybridized carbons (Fsp3) is 0.0952. The summed E-state index contributed by atoms with van der Waals surface area (Å²) in [5, 5.41) is 3.09. The van der Waals surface area contributed by atoms with Crippen LogP contribution in [-0.2, 0) is 14.9 Å². The number of anilines is 1. The number of nitrogens with zero attached hydrogens (tertiary/aromatic N) is 1. The van der Waals surface area contributed by atoms with Crippen LogP contribution < -0.4 is 10.1 Å². The van der Waals surface area contributed by atoms with Gasteiger partial charge in [0.15, 0.2) is 5.75 Å². The Labute approximate surface area is 190 Å². The fourth-order valence-electron chi connectivity index (χ4n) is 2.58. The lowest BCUT2D eigenvalue weighted by molar-refractivity contribution is -0.0258. The Bertz CT molecular complexity index is 1220. The molecule has 0 bridgehead atoms. The molecular weight excluding hydrogens is 463 g/mol. The van der Waals surface area contributed by atoms with Crippen LogP contribution in [0.25, 0.3) is 0 Å². The molecule has 0 atom stereocenters. The average molecular weight is 481 g/mol. The van der Waals surface area contributed by atoms with Crippen molar-refractivity contribution in [2.75, 3.05) is 19.5 Å². The van der Waals surface area contributed by atoms with Gasteiger partial charge in [-0.15, -0.1) is 0 Å². The van der Waals surface area contributed by atoms with E-state index in [1.54, 1.807) is 48.5 Å². The van der Waals surface area contributed by atoms with Gasteiger partial charge in [0.1, 0.15) is 10.6 Å². The van der Waals surface area contributed by atoms with Gasteiger partial charge >= 0.3 is 0 Å². The minimum absolute atomic E-state index is 0.0390. The summed E-state index contributed by atoms with van der Waals surface area (Å²) in [7, 11) is -1.61. The number of sulfonamides is 1. The maximum Gasteiger partial charge on any atom is 0.266 e. The normalized spacial score (nSPS) is 11.4. The topological polar surface area (TPSA) is 84.9 Å². The second kappa shape index (κ2) is 9.67. The van der Waals surface area contributed by atoms with E-state index >= 15 is 0 Å². The third-order valence-corrected chi connectivity index (χ3v) is 6.73. The quantitative estimate of drug-likeness (QED) is 0.468. The van der Waals surface area contributed by atoms with Gasteiger partial charge in [-0.25, -0.2) is 8.42 Å². The van der Waals surface area contributed by atoms with Gasteiger partial charge in [-0.1, -0.05) is 51.9 Å². The lowest BCUT2D eigenvalue weighted by Crippen LogP contribution is -2.26. The van der Waals surface area contributed by atoms with Gasteiger partial charge in [0.05, 0.1) is 22.8 Å². The Morgan fingerprint density at radius 2 is 1.58 bits per heavy atom. The number of ether oxygens (including phenoxy) is 1. The van der Waals surface area contributed by atoms with Crippen LogP contribution in [0.1, 0.15) is 10.4 Å². The zero-order chi connectivity index (χ0) is 22.6. The number of hydroxylamine groups is 1. The molecule has 10 heteroatoms. The zero-order valence-electron chi connectivity index (χ0n) is 16.5. The van der Waals surface area contributed by atoms with Crippen molar-refractivity contribution >= 4 is 44.8 Å². The standard InChI is InChI=1S/C21H18Cl2N2O5S/c1-25(29-2)31(27,28)20-13-14(11-12-16(20)23)21(26)24-17-8-4-6-10-19(17)30-18-9-5-3-7-15(18)22/h3-13H,1-2H3,(H,24,26). The summed E-state index contributed by atoms with van der Waals surface area (Å²) in [5.74, 6) is 0.238. The number of rotatable bonds is 7. The van der Waals surface area contributed by atoms with E-state index in [9.17, 15) is 13.2 Å². The van der Waals surface area contributed by atoms with Gasteiger partial charge in [0.25, 0.3) is 15.9 Å². The molecule has 3 aromatic carbocycles. The molecule has 0 aliphatic heterocycles. The highest BCUT2D eigenvalue weighted by Crippen LogP contribution is 2.34. The number of nitrogens with one attached hydrogen (secondary N) is 1. The summed E-state index contributed by atoms with van der Waals surface area (Å²) >= 11 is 12.2. The molecule has 3 rings (SSSR count). The minimum Gasteiger partial charge on any atom is -0.454 e. The highest BCUT2D eigenvalue weighted by atomic mass is 35.5. The number of hydrogen-bond acceptors (Lipinski definition) is 5. The molecule has 0 spiro atoms. The molecule has 7 nitrogen and oxygen atoms in total. The molecule has 0 aliphatic rings. The summed E-state index contributed by atoms with van der Waals surface area (Å²) in [4.78, 5) is 17.3. The second-order valence-corrected chi connectivity index (χ2v) is 8.94. The SMILES string of the molecule is CON(C)S(=O)(=O)c1cc(C(=O)Nc2ccccc2Oc2ccccc2Cl)ccc1Cl. The molecule has 1 N–H and O–H groups in total. The average Bonchev–Trinajstić information content (AvgIpc) is 2.76. The number of benzene rings is 3. The van der Waals surface area contributed by atoms with E-state index in [0.29, 0.717) is 26.7 Å². The van der Waals surface area contributed by atoms with Gasteiger partial charge in [-0.3, -0.25) is 9.63 Å². The fourth-order valence-corrected chi connectivity index (χ4v) is 4.23. The van der Waals surface area contributed by atoms with E-state index in [0.717, 1.165) is 0 Å². The molecule has 1 amide bonds. The smallest absolute Gasteiger partial charge is 0.266 e. The van der Waals surface area contributed by atoms with Crippen LogP contribution in [0.3, 0.4) is 0 Å². The van der Waals surface area contributed by atoms with Crippen molar-refractivity contribution in [1.29, 1.82) is 0 Å². The highest BCUT2D eigenvalue weighted by molar-refractivity contribution is 7.89. The largest absolute Gasteiger partial charge is 0.454 e. The molecule has 0 fully saturated rings. The van der Waals surface area contributed by atoms with Gasteiger partial charge in [0, 0.05) is 12.6 Å². The van der Waals surface area contributed by atoms with Gasteiger partial charge < -0.3 is 10.1 Å². The van der Waals surface area contributed by atoms with Crippen LogP contribution in [0.5, 0.6) is 11.5 Å². The first-order valence-electron chi connectivity index (χ1n) is 8.89. The van der Waals surface area contributed by atoms with Crippen LogP contribution in [0.4, 0.5) is 5.69 Å².